The topological polar surface area (TPSA) is 46.4 Å². The minimum absolute atomic E-state index is 0.0804. The average molecular weight is 412 g/mol. The number of benzene rings is 2. The molecular formula is C23H29N3O2S. The van der Waals surface area contributed by atoms with E-state index in [4.69, 9.17) is 9.57 Å². The number of nitrogens with zero attached hydrogens (tertiary/aromatic N) is 3. The maximum absolute atomic E-state index is 5.72. The molecule has 0 saturated carbocycles. The van der Waals surface area contributed by atoms with Gasteiger partial charge in [0.05, 0.1) is 24.8 Å². The van der Waals surface area contributed by atoms with Crippen LogP contribution in [0.4, 0.5) is 5.69 Å². The van der Waals surface area contributed by atoms with Gasteiger partial charge in [0.1, 0.15) is 11.9 Å². The van der Waals surface area contributed by atoms with Gasteiger partial charge in [-0.2, -0.15) is 0 Å². The van der Waals surface area contributed by atoms with Crippen LogP contribution in [0, 0.1) is 13.8 Å². The molecule has 2 aromatic rings. The third-order valence-corrected chi connectivity index (χ3v) is 6.08. The van der Waals surface area contributed by atoms with Gasteiger partial charge >= 0.3 is 0 Å². The first-order valence-corrected chi connectivity index (χ1v) is 10.8. The lowest BCUT2D eigenvalue weighted by molar-refractivity contribution is 0.103. The second-order valence-corrected chi connectivity index (χ2v) is 8.32. The first-order chi connectivity index (χ1) is 14.0. The summed E-state index contributed by atoms with van der Waals surface area (Å²) < 4.78 is 5.29. The first-order valence-electron chi connectivity index (χ1n) is 9.85. The monoisotopic (exact) mass is 411 g/mol. The van der Waals surface area contributed by atoms with E-state index < -0.39 is 0 Å². The van der Waals surface area contributed by atoms with Gasteiger partial charge in [0, 0.05) is 36.2 Å². The number of ether oxygens (including phenoxy) is 1. The summed E-state index contributed by atoms with van der Waals surface area (Å²) in [6.07, 6.45) is 2.78. The fourth-order valence-corrected chi connectivity index (χ4v) is 3.98. The molecule has 5 nitrogen and oxygen atoms in total. The van der Waals surface area contributed by atoms with Crippen molar-refractivity contribution >= 4 is 29.5 Å². The van der Waals surface area contributed by atoms with Gasteiger partial charge in [0.25, 0.3) is 0 Å². The number of oxime groups is 1. The summed E-state index contributed by atoms with van der Waals surface area (Å²) in [5.41, 5.74) is 5.48. The van der Waals surface area contributed by atoms with Crippen molar-refractivity contribution in [2.75, 3.05) is 26.5 Å². The molecule has 1 aliphatic heterocycles. The largest absolute Gasteiger partial charge is 0.497 e. The van der Waals surface area contributed by atoms with Gasteiger partial charge in [-0.1, -0.05) is 11.2 Å². The standard InChI is InChI=1S/C23H29N3O2S/c1-6-26(4)15-24-22-11-16(2)21(10-17(22)3)23-13-19(28-25-23)14-29-20-9-7-8-18(12-20)27-5/h7-12,15,19H,6,13-14H2,1-5H3/b24-15+. The summed E-state index contributed by atoms with van der Waals surface area (Å²) >= 11 is 1.76. The number of methoxy groups -OCH3 is 1. The van der Waals surface area contributed by atoms with E-state index in [1.807, 2.05) is 31.6 Å². The van der Waals surface area contributed by atoms with Crippen molar-refractivity contribution in [1.29, 1.82) is 0 Å². The maximum Gasteiger partial charge on any atom is 0.142 e. The molecule has 0 amide bonds. The zero-order valence-electron chi connectivity index (χ0n) is 17.8. The van der Waals surface area contributed by atoms with Crippen molar-refractivity contribution in [2.45, 2.75) is 38.2 Å². The fraction of sp³-hybridized carbons (Fsp3) is 0.391. The fourth-order valence-electron chi connectivity index (χ4n) is 3.05. The van der Waals surface area contributed by atoms with Crippen molar-refractivity contribution in [1.82, 2.24) is 4.90 Å². The van der Waals surface area contributed by atoms with E-state index in [-0.39, 0.29) is 6.10 Å². The Bertz CT molecular complexity index is 911. The third kappa shape index (κ3) is 5.54. The normalized spacial score (nSPS) is 16.0. The highest BCUT2D eigenvalue weighted by atomic mass is 32.2. The van der Waals surface area contributed by atoms with Gasteiger partial charge in [0.15, 0.2) is 0 Å². The first kappa shape index (κ1) is 21.2. The molecule has 154 valence electrons. The highest BCUT2D eigenvalue weighted by molar-refractivity contribution is 7.99. The molecule has 1 aliphatic rings. The summed E-state index contributed by atoms with van der Waals surface area (Å²) in [7, 11) is 3.71. The minimum atomic E-state index is 0.0804. The summed E-state index contributed by atoms with van der Waals surface area (Å²) in [5, 5.41) is 4.38. The average Bonchev–Trinajstić information content (AvgIpc) is 3.21. The summed E-state index contributed by atoms with van der Waals surface area (Å²) in [4.78, 5) is 13.6. The van der Waals surface area contributed by atoms with Crippen molar-refractivity contribution in [3.63, 3.8) is 0 Å². The van der Waals surface area contributed by atoms with Crippen molar-refractivity contribution in [2.24, 2.45) is 10.1 Å². The molecule has 0 radical (unpaired) electrons. The highest BCUT2D eigenvalue weighted by Crippen LogP contribution is 2.29. The zero-order chi connectivity index (χ0) is 20.8. The maximum atomic E-state index is 5.72. The van der Waals surface area contributed by atoms with Gasteiger partial charge in [0.2, 0.25) is 0 Å². The SMILES string of the molecule is CCN(C)/C=N/c1cc(C)c(C2=NOC(CSc3cccc(OC)c3)C2)cc1C. The molecule has 3 rings (SSSR count). The quantitative estimate of drug-likeness (QED) is 0.340. The van der Waals surface area contributed by atoms with Crippen molar-refractivity contribution in [3.05, 3.63) is 53.1 Å². The Morgan fingerprint density at radius 3 is 2.86 bits per heavy atom. The molecule has 0 spiro atoms. The van der Waals surface area contributed by atoms with Crippen LogP contribution in [0.15, 0.2) is 51.4 Å². The highest BCUT2D eigenvalue weighted by Gasteiger charge is 2.24. The Hall–Kier alpha value is -2.47. The van der Waals surface area contributed by atoms with E-state index in [0.717, 1.165) is 47.0 Å². The Kier molecular flexibility index (Phi) is 7.20. The van der Waals surface area contributed by atoms with Crippen LogP contribution in [0.2, 0.25) is 0 Å². The molecule has 0 aliphatic carbocycles. The van der Waals surface area contributed by atoms with Crippen LogP contribution in [0.25, 0.3) is 0 Å². The Balaban J connectivity index is 1.63. The molecule has 2 aromatic carbocycles. The molecule has 1 heterocycles. The molecule has 0 saturated heterocycles. The van der Waals surface area contributed by atoms with Crippen LogP contribution in [0.3, 0.4) is 0 Å². The number of aryl methyl sites for hydroxylation is 2. The Morgan fingerprint density at radius 2 is 2.10 bits per heavy atom. The van der Waals surface area contributed by atoms with E-state index in [0.29, 0.717) is 0 Å². The molecule has 6 heteroatoms. The third-order valence-electron chi connectivity index (χ3n) is 4.96. The zero-order valence-corrected chi connectivity index (χ0v) is 18.6. The molecular weight excluding hydrogens is 382 g/mol. The summed E-state index contributed by atoms with van der Waals surface area (Å²) in [6.45, 7) is 7.24. The van der Waals surface area contributed by atoms with Gasteiger partial charge in [-0.25, -0.2) is 4.99 Å². The van der Waals surface area contributed by atoms with E-state index in [2.05, 4.69) is 54.0 Å². The predicted molar refractivity (Wildman–Crippen MR) is 122 cm³/mol. The van der Waals surface area contributed by atoms with E-state index in [9.17, 15) is 0 Å². The second kappa shape index (κ2) is 9.83. The Morgan fingerprint density at radius 1 is 1.28 bits per heavy atom. The van der Waals surface area contributed by atoms with E-state index in [1.165, 1.54) is 10.5 Å². The number of hydrogen-bond acceptors (Lipinski definition) is 5. The molecule has 0 fully saturated rings. The molecule has 1 unspecified atom stereocenters. The number of rotatable bonds is 8. The van der Waals surface area contributed by atoms with Gasteiger partial charge in [-0.15, -0.1) is 11.8 Å². The van der Waals surface area contributed by atoms with Crippen molar-refractivity contribution in [3.8, 4) is 5.75 Å². The molecule has 0 N–H and O–H groups in total. The lowest BCUT2D eigenvalue weighted by atomic mass is 9.97. The predicted octanol–water partition coefficient (Wildman–Crippen LogP) is 5.21. The number of thioether (sulfide) groups is 1. The molecule has 0 aromatic heterocycles. The lowest BCUT2D eigenvalue weighted by Gasteiger charge is -2.12. The van der Waals surface area contributed by atoms with E-state index >= 15 is 0 Å². The van der Waals surface area contributed by atoms with Gasteiger partial charge in [-0.05, 0) is 62.2 Å². The smallest absolute Gasteiger partial charge is 0.142 e. The lowest BCUT2D eigenvalue weighted by Crippen LogP contribution is -2.14. The van der Waals surface area contributed by atoms with Crippen LogP contribution in [0.1, 0.15) is 30.0 Å². The van der Waals surface area contributed by atoms with E-state index in [1.54, 1.807) is 18.9 Å². The summed E-state index contributed by atoms with van der Waals surface area (Å²) in [6, 6.07) is 12.4. The van der Waals surface area contributed by atoms with Gasteiger partial charge in [-0.3, -0.25) is 0 Å². The van der Waals surface area contributed by atoms with Crippen LogP contribution < -0.4 is 4.74 Å². The number of hydrogen-bond donors (Lipinski definition) is 0. The van der Waals surface area contributed by atoms with Crippen LogP contribution in [-0.4, -0.2) is 49.5 Å². The second-order valence-electron chi connectivity index (χ2n) is 7.23. The van der Waals surface area contributed by atoms with Crippen LogP contribution in [0.5, 0.6) is 5.75 Å². The Labute approximate surface area is 177 Å². The molecule has 29 heavy (non-hydrogen) atoms. The summed E-state index contributed by atoms with van der Waals surface area (Å²) in [5.74, 6) is 1.72. The van der Waals surface area contributed by atoms with Crippen LogP contribution >= 0.6 is 11.8 Å². The van der Waals surface area contributed by atoms with Crippen LogP contribution in [-0.2, 0) is 4.84 Å². The molecule has 1 atom stereocenters. The minimum Gasteiger partial charge on any atom is -0.497 e. The van der Waals surface area contributed by atoms with Gasteiger partial charge < -0.3 is 14.5 Å². The molecule has 0 bridgehead atoms. The van der Waals surface area contributed by atoms with Crippen molar-refractivity contribution < 1.29 is 9.57 Å². The number of aliphatic imine (C=N–C) groups is 1.